The highest BCUT2D eigenvalue weighted by Gasteiger charge is 2.18. The van der Waals surface area contributed by atoms with E-state index in [0.29, 0.717) is 38.9 Å². The summed E-state index contributed by atoms with van der Waals surface area (Å²) in [6, 6.07) is 28.7. The fourth-order valence-electron chi connectivity index (χ4n) is 3.54. The van der Waals surface area contributed by atoms with E-state index < -0.39 is 0 Å². The SMILES string of the molecule is COc1ccc(-c2c(Sc3ccc(O)cc3)oc3cc(Oc4ccccc4)ccc3c2=O)cc1. The number of rotatable bonds is 6. The fraction of sp³-hybridized carbons (Fsp3) is 0.0357. The van der Waals surface area contributed by atoms with Crippen LogP contribution in [0.5, 0.6) is 23.0 Å². The number of para-hydroxylation sites is 1. The smallest absolute Gasteiger partial charge is 0.201 e. The number of phenolic OH excluding ortho intramolecular Hbond substituents is 1. The number of fused-ring (bicyclic) bond motifs is 1. The second-order valence-electron chi connectivity index (χ2n) is 7.49. The molecular formula is C28H20O5S. The van der Waals surface area contributed by atoms with E-state index in [1.54, 1.807) is 49.6 Å². The van der Waals surface area contributed by atoms with E-state index in [-0.39, 0.29) is 11.2 Å². The lowest BCUT2D eigenvalue weighted by molar-refractivity contribution is 0.415. The van der Waals surface area contributed by atoms with E-state index in [9.17, 15) is 9.90 Å². The van der Waals surface area contributed by atoms with Crippen molar-refractivity contribution in [3.05, 3.63) is 107 Å². The molecule has 0 aliphatic rings. The predicted octanol–water partition coefficient (Wildman–Crippen LogP) is 7.12. The number of aromatic hydroxyl groups is 1. The first-order chi connectivity index (χ1) is 16.6. The molecule has 1 N–H and O–H groups in total. The summed E-state index contributed by atoms with van der Waals surface area (Å²) in [4.78, 5) is 14.5. The molecule has 1 heterocycles. The quantitative estimate of drug-likeness (QED) is 0.286. The summed E-state index contributed by atoms with van der Waals surface area (Å²) in [7, 11) is 1.60. The third-order valence-corrected chi connectivity index (χ3v) is 6.22. The molecule has 0 radical (unpaired) electrons. The Morgan fingerprint density at radius 2 is 1.50 bits per heavy atom. The van der Waals surface area contributed by atoms with E-state index in [2.05, 4.69) is 0 Å². The lowest BCUT2D eigenvalue weighted by Gasteiger charge is -2.12. The summed E-state index contributed by atoms with van der Waals surface area (Å²) >= 11 is 1.32. The van der Waals surface area contributed by atoms with Gasteiger partial charge in [0, 0.05) is 11.0 Å². The van der Waals surface area contributed by atoms with Crippen LogP contribution in [0, 0.1) is 0 Å². The van der Waals surface area contributed by atoms with Crippen LogP contribution < -0.4 is 14.9 Å². The van der Waals surface area contributed by atoms with Crippen molar-refractivity contribution in [2.24, 2.45) is 0 Å². The van der Waals surface area contributed by atoms with Crippen LogP contribution in [0.25, 0.3) is 22.1 Å². The van der Waals surface area contributed by atoms with Gasteiger partial charge < -0.3 is 19.0 Å². The summed E-state index contributed by atoms with van der Waals surface area (Å²) in [6.07, 6.45) is 0. The Hall–Kier alpha value is -4.16. The van der Waals surface area contributed by atoms with Crippen LogP contribution in [-0.2, 0) is 0 Å². The number of methoxy groups -OCH3 is 1. The second-order valence-corrected chi connectivity index (χ2v) is 8.54. The maximum atomic E-state index is 13.6. The van der Waals surface area contributed by atoms with Crippen molar-refractivity contribution in [3.8, 4) is 34.1 Å². The second kappa shape index (κ2) is 9.37. The maximum absolute atomic E-state index is 13.6. The molecule has 0 aliphatic carbocycles. The van der Waals surface area contributed by atoms with Gasteiger partial charge in [-0.2, -0.15) is 0 Å². The lowest BCUT2D eigenvalue weighted by atomic mass is 10.1. The molecule has 34 heavy (non-hydrogen) atoms. The van der Waals surface area contributed by atoms with Crippen molar-refractivity contribution in [2.75, 3.05) is 7.11 Å². The van der Waals surface area contributed by atoms with Gasteiger partial charge in [-0.15, -0.1) is 0 Å². The van der Waals surface area contributed by atoms with Crippen molar-refractivity contribution < 1.29 is 19.0 Å². The molecule has 5 nitrogen and oxygen atoms in total. The van der Waals surface area contributed by atoms with Gasteiger partial charge in [-0.05, 0) is 66.2 Å². The molecule has 0 atom stereocenters. The number of phenols is 1. The van der Waals surface area contributed by atoms with Crippen LogP contribution in [0.3, 0.4) is 0 Å². The lowest BCUT2D eigenvalue weighted by Crippen LogP contribution is -2.07. The van der Waals surface area contributed by atoms with Gasteiger partial charge in [0.25, 0.3) is 0 Å². The van der Waals surface area contributed by atoms with Crippen molar-refractivity contribution in [3.63, 3.8) is 0 Å². The van der Waals surface area contributed by atoms with Crippen molar-refractivity contribution in [1.29, 1.82) is 0 Å². The average molecular weight is 469 g/mol. The van der Waals surface area contributed by atoms with E-state index in [0.717, 1.165) is 10.5 Å². The molecule has 0 spiro atoms. The van der Waals surface area contributed by atoms with Crippen LogP contribution in [0.2, 0.25) is 0 Å². The minimum absolute atomic E-state index is 0.140. The molecule has 0 amide bonds. The average Bonchev–Trinajstić information content (AvgIpc) is 2.86. The highest BCUT2D eigenvalue weighted by Crippen LogP contribution is 2.38. The summed E-state index contributed by atoms with van der Waals surface area (Å²) in [5.41, 5.74) is 1.48. The van der Waals surface area contributed by atoms with Crippen LogP contribution in [0.1, 0.15) is 0 Å². The minimum atomic E-state index is -0.140. The van der Waals surface area contributed by atoms with Crippen molar-refractivity contribution in [2.45, 2.75) is 9.99 Å². The molecule has 4 aromatic carbocycles. The monoisotopic (exact) mass is 468 g/mol. The highest BCUT2D eigenvalue weighted by molar-refractivity contribution is 7.99. The molecule has 0 saturated carbocycles. The molecule has 5 aromatic rings. The molecule has 0 fully saturated rings. The number of hydrogen-bond acceptors (Lipinski definition) is 6. The summed E-state index contributed by atoms with van der Waals surface area (Å²) in [5.74, 6) is 2.13. The zero-order chi connectivity index (χ0) is 23.5. The summed E-state index contributed by atoms with van der Waals surface area (Å²) < 4.78 is 17.5. The normalized spacial score (nSPS) is 10.9. The van der Waals surface area contributed by atoms with Crippen molar-refractivity contribution in [1.82, 2.24) is 0 Å². The molecular weight excluding hydrogens is 448 g/mol. The fourth-order valence-corrected chi connectivity index (χ4v) is 4.47. The van der Waals surface area contributed by atoms with Crippen molar-refractivity contribution >= 4 is 22.7 Å². The first-order valence-corrected chi connectivity index (χ1v) is 11.4. The molecule has 1 aromatic heterocycles. The Kier molecular flexibility index (Phi) is 5.97. The first-order valence-electron chi connectivity index (χ1n) is 10.6. The number of hydrogen-bond donors (Lipinski definition) is 1. The maximum Gasteiger partial charge on any atom is 0.201 e. The van der Waals surface area contributed by atoms with Gasteiger partial charge in [-0.1, -0.05) is 42.1 Å². The van der Waals surface area contributed by atoms with Crippen LogP contribution in [-0.4, -0.2) is 12.2 Å². The zero-order valence-corrected chi connectivity index (χ0v) is 19.0. The first kappa shape index (κ1) is 21.7. The Morgan fingerprint density at radius 3 is 2.21 bits per heavy atom. The Morgan fingerprint density at radius 1 is 0.794 bits per heavy atom. The predicted molar refractivity (Wildman–Crippen MR) is 133 cm³/mol. The molecule has 0 bridgehead atoms. The van der Waals surface area contributed by atoms with Gasteiger partial charge in [0.05, 0.1) is 18.1 Å². The Balaban J connectivity index is 1.64. The number of benzene rings is 4. The van der Waals surface area contributed by atoms with E-state index in [4.69, 9.17) is 13.9 Å². The minimum Gasteiger partial charge on any atom is -0.508 e. The third kappa shape index (κ3) is 4.49. The molecule has 5 rings (SSSR count). The Labute approximate surface area is 200 Å². The molecule has 6 heteroatoms. The van der Waals surface area contributed by atoms with E-state index in [1.165, 1.54) is 11.8 Å². The topological polar surface area (TPSA) is 68.9 Å². The van der Waals surface area contributed by atoms with Crippen LogP contribution >= 0.6 is 11.8 Å². The van der Waals surface area contributed by atoms with E-state index in [1.807, 2.05) is 54.6 Å². The number of ether oxygens (including phenoxy) is 2. The van der Waals surface area contributed by atoms with E-state index >= 15 is 0 Å². The van der Waals surface area contributed by atoms with Gasteiger partial charge in [-0.3, -0.25) is 4.79 Å². The van der Waals surface area contributed by atoms with Gasteiger partial charge in [-0.25, -0.2) is 0 Å². The standard InChI is InChI=1S/C28H20O5S/c1-31-20-11-7-18(8-12-20)26-27(30)24-16-13-22(32-21-5-3-2-4-6-21)17-25(24)33-28(26)34-23-14-9-19(29)10-15-23/h2-17,29H,1H3. The molecule has 0 aliphatic heterocycles. The zero-order valence-electron chi connectivity index (χ0n) is 18.2. The van der Waals surface area contributed by atoms with Crippen LogP contribution in [0.4, 0.5) is 0 Å². The van der Waals surface area contributed by atoms with Gasteiger partial charge in [0.15, 0.2) is 5.09 Å². The van der Waals surface area contributed by atoms with Gasteiger partial charge in [0.1, 0.15) is 28.6 Å². The van der Waals surface area contributed by atoms with Gasteiger partial charge >= 0.3 is 0 Å². The highest BCUT2D eigenvalue weighted by atomic mass is 32.2. The molecule has 0 saturated heterocycles. The third-order valence-electron chi connectivity index (χ3n) is 5.24. The van der Waals surface area contributed by atoms with Gasteiger partial charge in [0.2, 0.25) is 5.43 Å². The molecule has 0 unspecified atom stereocenters. The summed E-state index contributed by atoms with van der Waals surface area (Å²) in [6.45, 7) is 0. The Bertz CT molecular complexity index is 1490. The largest absolute Gasteiger partial charge is 0.508 e. The summed E-state index contributed by atoms with van der Waals surface area (Å²) in [5, 5.41) is 10.5. The van der Waals surface area contributed by atoms with Crippen LogP contribution in [0.15, 0.2) is 116 Å². The molecule has 168 valence electrons.